The Kier molecular flexibility index (Phi) is 5.40. The predicted molar refractivity (Wildman–Crippen MR) is 53.7 cm³/mol. The summed E-state index contributed by atoms with van der Waals surface area (Å²) < 4.78 is 5.24. The topological polar surface area (TPSA) is 32.8 Å². The number of aliphatic hydroxyl groups is 1. The van der Waals surface area contributed by atoms with E-state index >= 15 is 0 Å². The Morgan fingerprint density at radius 3 is 2.31 bits per heavy atom. The summed E-state index contributed by atoms with van der Waals surface area (Å²) in [6.07, 6.45) is 9.75. The Morgan fingerprint density at radius 1 is 1.00 bits per heavy atom. The van der Waals surface area contributed by atoms with E-state index in [2.05, 4.69) is 6.92 Å². The van der Waals surface area contributed by atoms with Crippen LogP contribution < -0.4 is 0 Å². The summed E-state index contributed by atoms with van der Waals surface area (Å²) in [6, 6.07) is 0. The third-order valence-corrected chi connectivity index (χ3v) is 2.71. The van der Waals surface area contributed by atoms with Crippen molar-refractivity contribution in [1.29, 1.82) is 0 Å². The van der Waals surface area contributed by atoms with Crippen LogP contribution in [0.15, 0.2) is 0 Å². The van der Waals surface area contributed by atoms with Crippen molar-refractivity contribution in [2.45, 2.75) is 64.1 Å². The molecule has 0 radical (unpaired) electrons. The van der Waals surface area contributed by atoms with Gasteiger partial charge in [-0.3, -0.25) is 0 Å². The molecule has 1 rings (SSSR count). The number of hydrogen-bond acceptors (Lipinski definition) is 2. The summed E-state index contributed by atoms with van der Waals surface area (Å²) in [5, 5.41) is 8.72. The lowest BCUT2D eigenvalue weighted by atomic mass is 10.1. The van der Waals surface area contributed by atoms with Gasteiger partial charge in [0.25, 0.3) is 0 Å². The quantitative estimate of drug-likeness (QED) is 0.466. The standard InChI is InChI=1S/C11H22O2/c1-2-3-4-5-6-7-8-10-11(9-12)13-10/h10-12H,2-9H2,1H3/t10-,11-/m0/s1. The summed E-state index contributed by atoms with van der Waals surface area (Å²) >= 11 is 0. The fourth-order valence-corrected chi connectivity index (χ4v) is 1.72. The molecule has 0 unspecified atom stereocenters. The molecule has 0 aromatic heterocycles. The van der Waals surface area contributed by atoms with Crippen molar-refractivity contribution in [3.8, 4) is 0 Å². The number of rotatable bonds is 8. The van der Waals surface area contributed by atoms with Crippen molar-refractivity contribution in [3.05, 3.63) is 0 Å². The molecule has 0 amide bonds. The van der Waals surface area contributed by atoms with Gasteiger partial charge in [-0.2, -0.15) is 0 Å². The molecule has 1 aliphatic heterocycles. The first-order valence-corrected chi connectivity index (χ1v) is 5.64. The highest BCUT2D eigenvalue weighted by molar-refractivity contribution is 4.83. The Hall–Kier alpha value is -0.0800. The fourth-order valence-electron chi connectivity index (χ4n) is 1.72. The van der Waals surface area contributed by atoms with E-state index in [1.54, 1.807) is 0 Å². The van der Waals surface area contributed by atoms with Crippen molar-refractivity contribution in [2.75, 3.05) is 6.61 Å². The second-order valence-electron chi connectivity index (χ2n) is 3.95. The molecule has 1 heterocycles. The molecule has 0 aromatic carbocycles. The molecule has 1 N–H and O–H groups in total. The molecule has 2 nitrogen and oxygen atoms in total. The molecule has 1 saturated heterocycles. The number of ether oxygens (including phenoxy) is 1. The molecule has 78 valence electrons. The zero-order chi connectivity index (χ0) is 9.52. The smallest absolute Gasteiger partial charge is 0.107 e. The molecule has 1 fully saturated rings. The van der Waals surface area contributed by atoms with E-state index in [9.17, 15) is 0 Å². The van der Waals surface area contributed by atoms with Crippen LogP contribution in [0.4, 0.5) is 0 Å². The molecule has 0 bridgehead atoms. The van der Waals surface area contributed by atoms with Gasteiger partial charge in [0.2, 0.25) is 0 Å². The second kappa shape index (κ2) is 6.39. The van der Waals surface area contributed by atoms with Gasteiger partial charge in [0.1, 0.15) is 6.10 Å². The highest BCUT2D eigenvalue weighted by Gasteiger charge is 2.36. The minimum Gasteiger partial charge on any atom is -0.394 e. The zero-order valence-electron chi connectivity index (χ0n) is 8.67. The van der Waals surface area contributed by atoms with Crippen LogP contribution >= 0.6 is 0 Å². The maximum Gasteiger partial charge on any atom is 0.107 e. The number of hydrogen-bond donors (Lipinski definition) is 1. The zero-order valence-corrected chi connectivity index (χ0v) is 8.67. The summed E-state index contributed by atoms with van der Waals surface area (Å²) in [7, 11) is 0. The molecule has 13 heavy (non-hydrogen) atoms. The van der Waals surface area contributed by atoms with Gasteiger partial charge in [-0.1, -0.05) is 45.4 Å². The van der Waals surface area contributed by atoms with E-state index in [-0.39, 0.29) is 12.7 Å². The maximum absolute atomic E-state index is 8.72. The van der Waals surface area contributed by atoms with Gasteiger partial charge in [0.15, 0.2) is 0 Å². The van der Waals surface area contributed by atoms with E-state index < -0.39 is 0 Å². The molecule has 0 aromatic rings. The second-order valence-corrected chi connectivity index (χ2v) is 3.95. The minimum atomic E-state index is 0.177. The molecule has 1 aliphatic rings. The summed E-state index contributed by atoms with van der Waals surface area (Å²) in [5.74, 6) is 0. The molecular weight excluding hydrogens is 164 g/mol. The summed E-state index contributed by atoms with van der Waals surface area (Å²) in [6.45, 7) is 2.45. The SMILES string of the molecule is CCCCCCCC[C@@H]1O[C@H]1CO. The first kappa shape index (κ1) is 11.0. The van der Waals surface area contributed by atoms with Crippen LogP contribution in [0.5, 0.6) is 0 Å². The van der Waals surface area contributed by atoms with Gasteiger partial charge in [-0.25, -0.2) is 0 Å². The Balaban J connectivity index is 1.75. The maximum atomic E-state index is 8.72. The van der Waals surface area contributed by atoms with Crippen LogP contribution in [-0.2, 0) is 4.74 Å². The number of epoxide rings is 1. The first-order chi connectivity index (χ1) is 6.38. The highest BCUT2D eigenvalue weighted by atomic mass is 16.6. The Labute approximate surface area is 81.3 Å². The first-order valence-electron chi connectivity index (χ1n) is 5.64. The number of aliphatic hydroxyl groups excluding tert-OH is 1. The van der Waals surface area contributed by atoms with Crippen LogP contribution in [0.3, 0.4) is 0 Å². The lowest BCUT2D eigenvalue weighted by molar-refractivity contribution is 0.241. The molecule has 2 atom stereocenters. The molecule has 0 spiro atoms. The van der Waals surface area contributed by atoms with Crippen molar-refractivity contribution >= 4 is 0 Å². The lowest BCUT2D eigenvalue weighted by Crippen LogP contribution is -1.98. The third-order valence-electron chi connectivity index (χ3n) is 2.71. The average Bonchev–Trinajstić information content (AvgIpc) is 2.90. The van der Waals surface area contributed by atoms with Crippen molar-refractivity contribution in [1.82, 2.24) is 0 Å². The predicted octanol–water partition coefficient (Wildman–Crippen LogP) is 2.50. The van der Waals surface area contributed by atoms with Gasteiger partial charge in [-0.15, -0.1) is 0 Å². The van der Waals surface area contributed by atoms with Crippen molar-refractivity contribution < 1.29 is 9.84 Å². The molecular formula is C11H22O2. The normalized spacial score (nSPS) is 26.3. The average molecular weight is 186 g/mol. The Bertz CT molecular complexity index is 125. The van der Waals surface area contributed by atoms with Crippen molar-refractivity contribution in [3.63, 3.8) is 0 Å². The molecule has 2 heteroatoms. The van der Waals surface area contributed by atoms with Crippen LogP contribution in [0.2, 0.25) is 0 Å². The Morgan fingerprint density at radius 2 is 1.69 bits per heavy atom. The minimum absolute atomic E-state index is 0.177. The van der Waals surface area contributed by atoms with Crippen LogP contribution in [0.25, 0.3) is 0 Å². The summed E-state index contributed by atoms with van der Waals surface area (Å²) in [5.41, 5.74) is 0. The van der Waals surface area contributed by atoms with Crippen LogP contribution in [-0.4, -0.2) is 23.9 Å². The largest absolute Gasteiger partial charge is 0.394 e. The van der Waals surface area contributed by atoms with Gasteiger partial charge < -0.3 is 9.84 Å². The fraction of sp³-hybridized carbons (Fsp3) is 1.00. The van der Waals surface area contributed by atoms with E-state index in [1.165, 1.54) is 38.5 Å². The van der Waals surface area contributed by atoms with Gasteiger partial charge in [-0.05, 0) is 6.42 Å². The van der Waals surface area contributed by atoms with Crippen LogP contribution in [0, 0.1) is 0 Å². The van der Waals surface area contributed by atoms with E-state index in [0.717, 1.165) is 6.42 Å². The van der Waals surface area contributed by atoms with Gasteiger partial charge in [0, 0.05) is 0 Å². The van der Waals surface area contributed by atoms with E-state index in [4.69, 9.17) is 9.84 Å². The molecule has 0 saturated carbocycles. The van der Waals surface area contributed by atoms with Crippen LogP contribution in [0.1, 0.15) is 51.9 Å². The lowest BCUT2D eigenvalue weighted by Gasteiger charge is -1.98. The summed E-state index contributed by atoms with van der Waals surface area (Å²) in [4.78, 5) is 0. The van der Waals surface area contributed by atoms with Gasteiger partial charge >= 0.3 is 0 Å². The van der Waals surface area contributed by atoms with Crippen molar-refractivity contribution in [2.24, 2.45) is 0 Å². The third kappa shape index (κ3) is 4.63. The molecule has 0 aliphatic carbocycles. The van der Waals surface area contributed by atoms with E-state index in [0.29, 0.717) is 6.10 Å². The number of unbranched alkanes of at least 4 members (excludes halogenated alkanes) is 5. The van der Waals surface area contributed by atoms with E-state index in [1.807, 2.05) is 0 Å². The monoisotopic (exact) mass is 186 g/mol. The van der Waals surface area contributed by atoms with Gasteiger partial charge in [0.05, 0.1) is 12.7 Å². The highest BCUT2D eigenvalue weighted by Crippen LogP contribution is 2.26.